The number of sulfone groups is 3. The number of hydrogen-bond acceptors (Lipinski definition) is 21. The number of anilines is 1. The first-order valence-corrected chi connectivity index (χ1v) is 41.4. The maximum absolute atomic E-state index is 14.0. The third kappa shape index (κ3) is 16.3. The van der Waals surface area contributed by atoms with Crippen LogP contribution in [0.2, 0.25) is 0 Å². The second kappa shape index (κ2) is 32.7. The number of hydroxylamine groups is 3. The molecule has 14 rings (SSSR count). The van der Waals surface area contributed by atoms with Gasteiger partial charge in [-0.1, -0.05) is 25.1 Å². The molecular formula is C81H96N6O19S3. The van der Waals surface area contributed by atoms with Crippen molar-refractivity contribution in [3.05, 3.63) is 176 Å². The molecule has 3 saturated heterocycles. The highest BCUT2D eigenvalue weighted by molar-refractivity contribution is 7.94. The van der Waals surface area contributed by atoms with Crippen LogP contribution >= 0.6 is 0 Å². The summed E-state index contributed by atoms with van der Waals surface area (Å²) in [4.78, 5) is 57.7. The van der Waals surface area contributed by atoms with Gasteiger partial charge in [-0.05, 0) is 296 Å². The van der Waals surface area contributed by atoms with Crippen LogP contribution in [0, 0.1) is 16.2 Å². The number of ether oxygens (including phenoxy) is 6. The van der Waals surface area contributed by atoms with E-state index >= 15 is 0 Å². The Balaban J connectivity index is 0.000000153. The minimum Gasteiger partial charge on any atom is -0.497 e. The van der Waals surface area contributed by atoms with Crippen LogP contribution in [0.15, 0.2) is 191 Å². The Morgan fingerprint density at radius 3 is 0.927 bits per heavy atom. The van der Waals surface area contributed by atoms with E-state index in [1.54, 1.807) is 152 Å². The number of hydrogen-bond donors (Lipinski definition) is 6. The lowest BCUT2D eigenvalue weighted by molar-refractivity contribution is -0.134. The number of amides is 4. The fourth-order valence-electron chi connectivity index (χ4n) is 17.2. The molecular weight excluding hydrogens is 1460 g/mol. The number of carbonyl (C=O) groups is 4. The third-order valence-corrected chi connectivity index (χ3v) is 31.2. The van der Waals surface area contributed by atoms with E-state index in [2.05, 4.69) is 21.9 Å². The molecule has 109 heavy (non-hydrogen) atoms. The Hall–Kier alpha value is -9.29. The van der Waals surface area contributed by atoms with Crippen LogP contribution in [0.5, 0.6) is 51.7 Å². The molecule has 25 nitrogen and oxygen atoms in total. The van der Waals surface area contributed by atoms with Gasteiger partial charge in [0, 0.05) is 44.3 Å². The number of methoxy groups -OCH3 is 3. The van der Waals surface area contributed by atoms with Crippen molar-refractivity contribution in [3.8, 4) is 51.7 Å². The lowest BCUT2D eigenvalue weighted by Gasteiger charge is -2.41. The largest absolute Gasteiger partial charge is 0.497 e. The minimum absolute atomic E-state index is 0.0103. The van der Waals surface area contributed by atoms with Crippen LogP contribution in [0.4, 0.5) is 5.69 Å². The highest BCUT2D eigenvalue weighted by atomic mass is 32.2. The first-order valence-electron chi connectivity index (χ1n) is 37.0. The number of piperidine rings is 3. The van der Waals surface area contributed by atoms with Crippen molar-refractivity contribution in [2.45, 2.75) is 157 Å². The zero-order chi connectivity index (χ0) is 77.5. The summed E-state index contributed by atoms with van der Waals surface area (Å²) < 4.78 is 111. The molecule has 0 aromatic heterocycles. The van der Waals surface area contributed by atoms with Gasteiger partial charge >= 0.3 is 0 Å². The van der Waals surface area contributed by atoms with E-state index in [-0.39, 0.29) is 75.4 Å². The fraction of sp³-hybridized carbons (Fsp3) is 0.432. The van der Waals surface area contributed by atoms with Gasteiger partial charge in [0.15, 0.2) is 43.8 Å². The van der Waals surface area contributed by atoms with Crippen LogP contribution in [0.1, 0.15) is 122 Å². The molecule has 7 fully saturated rings. The molecule has 7 aromatic rings. The van der Waals surface area contributed by atoms with E-state index in [1.165, 1.54) is 49.2 Å². The van der Waals surface area contributed by atoms with Crippen LogP contribution < -0.4 is 49.8 Å². The van der Waals surface area contributed by atoms with Crippen molar-refractivity contribution >= 4 is 58.8 Å². The van der Waals surface area contributed by atoms with Gasteiger partial charge in [-0.2, -0.15) is 0 Å². The Morgan fingerprint density at radius 2 is 0.651 bits per heavy atom. The maximum atomic E-state index is 14.0. The summed E-state index contributed by atoms with van der Waals surface area (Å²) in [5.74, 6) is 2.68. The number of nitrogens with zero attached hydrogens (tertiary/aromatic N) is 3. The molecule has 3 aliphatic heterocycles. The van der Waals surface area contributed by atoms with Gasteiger partial charge < -0.3 is 43.1 Å². The van der Waals surface area contributed by atoms with Crippen molar-refractivity contribution in [2.24, 2.45) is 16.2 Å². The molecule has 6 N–H and O–H groups in total. The number of likely N-dealkylation sites (tertiary alicyclic amines) is 2. The van der Waals surface area contributed by atoms with E-state index in [1.807, 2.05) is 25.1 Å². The molecule has 4 saturated carbocycles. The number of benzene rings is 7. The van der Waals surface area contributed by atoms with Gasteiger partial charge in [0.05, 0.1) is 36.0 Å². The normalized spacial score (nSPS) is 22.0. The topological polar surface area (TPSA) is 333 Å². The molecule has 7 aromatic carbocycles. The van der Waals surface area contributed by atoms with Crippen LogP contribution in [-0.4, -0.2) is 155 Å². The Morgan fingerprint density at radius 1 is 0.376 bits per heavy atom. The summed E-state index contributed by atoms with van der Waals surface area (Å²) in [5, 5.41) is 28.6. The van der Waals surface area contributed by atoms with Crippen molar-refractivity contribution in [2.75, 3.05) is 65.5 Å². The minimum atomic E-state index is -4.14. The quantitative estimate of drug-likeness (QED) is 0.0287. The number of rotatable bonds is 21. The molecule has 3 unspecified atom stereocenters. The predicted octanol–water partition coefficient (Wildman–Crippen LogP) is 12.6. The Kier molecular flexibility index (Phi) is 23.8. The lowest BCUT2D eigenvalue weighted by Crippen LogP contribution is -2.51. The van der Waals surface area contributed by atoms with Crippen molar-refractivity contribution in [1.29, 1.82) is 0 Å². The first kappa shape index (κ1) is 79.3. The van der Waals surface area contributed by atoms with Crippen molar-refractivity contribution in [3.63, 3.8) is 0 Å². The van der Waals surface area contributed by atoms with E-state index in [9.17, 15) is 60.1 Å². The average Bonchev–Trinajstić information content (AvgIpc) is 1.61. The highest BCUT2D eigenvalue weighted by Gasteiger charge is 2.64. The molecule has 4 aliphatic carbocycles. The van der Waals surface area contributed by atoms with E-state index in [0.717, 1.165) is 57.5 Å². The molecule has 3 heterocycles. The van der Waals surface area contributed by atoms with Gasteiger partial charge in [-0.25, -0.2) is 41.7 Å². The Labute approximate surface area is 636 Å². The molecule has 0 radical (unpaired) electrons. The second-order valence-corrected chi connectivity index (χ2v) is 36.7. The summed E-state index contributed by atoms with van der Waals surface area (Å²) >= 11 is 0. The molecule has 28 heteroatoms. The fourth-order valence-corrected chi connectivity index (χ4v) is 23.5. The van der Waals surface area contributed by atoms with Gasteiger partial charge in [0.25, 0.3) is 17.7 Å². The molecule has 582 valence electrons. The standard InChI is InChI=1S/C29H32N2O6S.C26H32N2O7S.C26H32N2O6S/c1-36-23-7-9-24(10-8-23)37-25-11-13-26(14-12-25)38(34,35)29(27(32)30-33)16-15-28(21-29)17-19-31(20-18-28)22-5-3-2-4-6-22;1-3-23(29)28-16-14-25(15-17-28)12-13-26(18-25,24(30)27-31)36(32,33)22-10-8-21(9-11-22)35-20-6-4-19(34-2)5-7-20;1-33-20-4-6-21(7-5-20)34-22-8-10-23(11-9-22)35(31,32)26(24(29)27-30)13-12-25(18-26)14-16-28(17-15-25)19-2-3-19/h2-14,33H,15-21H2,1H3,(H,30,32);4-11,31H,3,12-18H2,1-2H3,(H,27,30);4-11,19,30H,2-3,12-18H2,1H3,(H,27,29). The van der Waals surface area contributed by atoms with Crippen LogP contribution in [0.3, 0.4) is 0 Å². The summed E-state index contributed by atoms with van der Waals surface area (Å²) in [7, 11) is -7.58. The maximum Gasteiger partial charge on any atom is 0.265 e. The molecule has 3 atom stereocenters. The van der Waals surface area contributed by atoms with E-state index in [4.69, 9.17) is 28.4 Å². The zero-order valence-corrected chi connectivity index (χ0v) is 64.2. The average molecular weight is 1550 g/mol. The summed E-state index contributed by atoms with van der Waals surface area (Å²) in [5.41, 5.74) is 5.26. The molecule has 4 amide bonds. The lowest BCUT2D eigenvalue weighted by atomic mass is 9.76. The van der Waals surface area contributed by atoms with Crippen LogP contribution in [0.25, 0.3) is 0 Å². The SMILES string of the molecule is CCC(=O)N1CCC2(CC1)CCC(C(=O)NO)(S(=O)(=O)c1ccc(Oc3ccc(OC)cc3)cc1)C2.COc1ccc(Oc2ccc(S(=O)(=O)C3(C(=O)NO)CCC4(CCN(C5CC5)CC4)C3)cc2)cc1.COc1ccc(Oc2ccc(S(=O)(=O)C3(C(=O)NO)CCC4(CCN(c5ccccc5)CC4)C3)cc2)cc1. The summed E-state index contributed by atoms with van der Waals surface area (Å²) in [6.45, 7) is 6.37. The van der Waals surface area contributed by atoms with Crippen LogP contribution in [-0.2, 0) is 48.7 Å². The zero-order valence-electron chi connectivity index (χ0n) is 61.7. The summed E-state index contributed by atoms with van der Waals surface area (Å²) in [6.07, 6.45) is 10.3. The molecule has 7 aliphatic rings. The van der Waals surface area contributed by atoms with Gasteiger partial charge in [0.1, 0.15) is 51.7 Å². The van der Waals surface area contributed by atoms with E-state index in [0.29, 0.717) is 109 Å². The Bertz CT molecular complexity index is 4690. The summed E-state index contributed by atoms with van der Waals surface area (Å²) in [6, 6.07) is 50.0. The predicted molar refractivity (Wildman–Crippen MR) is 405 cm³/mol. The van der Waals surface area contributed by atoms with E-state index < -0.39 is 61.5 Å². The first-order chi connectivity index (χ1) is 52.3. The number of carbonyl (C=O) groups excluding carboxylic acids is 4. The van der Waals surface area contributed by atoms with Crippen molar-refractivity contribution in [1.82, 2.24) is 26.2 Å². The molecule has 0 bridgehead atoms. The third-order valence-electron chi connectivity index (χ3n) is 23.9. The monoisotopic (exact) mass is 1550 g/mol. The van der Waals surface area contributed by atoms with Gasteiger partial charge in [-0.15, -0.1) is 0 Å². The second-order valence-electron chi connectivity index (χ2n) is 29.9. The number of para-hydroxylation sites is 1. The van der Waals surface area contributed by atoms with Crippen molar-refractivity contribution < 1.29 is 88.5 Å². The smallest absolute Gasteiger partial charge is 0.265 e. The van der Waals surface area contributed by atoms with Gasteiger partial charge in [-0.3, -0.25) is 34.8 Å². The molecule has 3 spiro atoms. The highest BCUT2D eigenvalue weighted by Crippen LogP contribution is 2.59. The van der Waals surface area contributed by atoms with Gasteiger partial charge in [0.2, 0.25) is 5.91 Å². The number of nitrogens with one attached hydrogen (secondary N) is 3.